The van der Waals surface area contributed by atoms with E-state index >= 15 is 0 Å². The first-order chi connectivity index (χ1) is 16.1. The van der Waals surface area contributed by atoms with Crippen LogP contribution in [0, 0.1) is 13.8 Å². The third-order valence-corrected chi connectivity index (χ3v) is 7.24. The summed E-state index contributed by atoms with van der Waals surface area (Å²) in [7, 11) is 0. The van der Waals surface area contributed by atoms with E-state index in [9.17, 15) is 4.79 Å². The van der Waals surface area contributed by atoms with Crippen molar-refractivity contribution in [2.45, 2.75) is 43.7 Å². The Kier molecular flexibility index (Phi) is 6.62. The zero-order valence-electron chi connectivity index (χ0n) is 19.2. The van der Waals surface area contributed by atoms with Crippen molar-refractivity contribution in [2.75, 3.05) is 39.3 Å². The highest BCUT2D eigenvalue weighted by Gasteiger charge is 2.26. The lowest BCUT2D eigenvalue weighted by Crippen LogP contribution is -2.50. The number of aryl methyl sites for hydroxylation is 2. The number of fused-ring (bicyclic) bond motifs is 1. The number of carbonyl (C=O) groups excluding carboxylic acids is 1. The minimum Gasteiger partial charge on any atom is -0.377 e. The normalized spacial score (nSPS) is 19.5. The Hall–Kier alpha value is -2.49. The van der Waals surface area contributed by atoms with Gasteiger partial charge in [-0.3, -0.25) is 9.69 Å². The zero-order chi connectivity index (χ0) is 22.8. The minimum atomic E-state index is 0.110. The molecule has 1 unspecified atom stereocenters. The number of piperazine rings is 1. The highest BCUT2D eigenvalue weighted by atomic mass is 32.2. The van der Waals surface area contributed by atoms with Gasteiger partial charge in [0.25, 0.3) is 11.7 Å². The molecule has 0 N–H and O–H groups in total. The molecule has 33 heavy (non-hydrogen) atoms. The standard InChI is InChI=1S/C24H30N6O2S/c1-17-14-18(2)30-23(25-17)26-24(27-30)33-16-19-6-3-4-8-21(19)22(31)29-11-9-28(10-12-29)15-20-7-5-13-32-20/h3-4,6,8,14,20H,5,7,9-13,15-16H2,1-2H3. The molecule has 9 heteroatoms. The molecule has 2 aliphatic heterocycles. The summed E-state index contributed by atoms with van der Waals surface area (Å²) in [6.45, 7) is 9.14. The molecule has 2 fully saturated rings. The van der Waals surface area contributed by atoms with Crippen molar-refractivity contribution in [2.24, 2.45) is 0 Å². The van der Waals surface area contributed by atoms with Gasteiger partial charge in [-0.15, -0.1) is 5.10 Å². The number of hydrogen-bond acceptors (Lipinski definition) is 7. The number of rotatable bonds is 6. The molecule has 0 aliphatic carbocycles. The Bertz CT molecular complexity index is 1140. The second-order valence-corrected chi connectivity index (χ2v) is 9.76. The van der Waals surface area contributed by atoms with Crippen molar-refractivity contribution in [3.8, 4) is 0 Å². The number of hydrogen-bond donors (Lipinski definition) is 0. The van der Waals surface area contributed by atoms with Gasteiger partial charge in [0.15, 0.2) is 0 Å². The topological polar surface area (TPSA) is 75.9 Å². The summed E-state index contributed by atoms with van der Waals surface area (Å²) in [5.41, 5.74) is 3.71. The molecule has 1 amide bonds. The second kappa shape index (κ2) is 9.79. The van der Waals surface area contributed by atoms with Gasteiger partial charge in [-0.25, -0.2) is 9.50 Å². The largest absolute Gasteiger partial charge is 0.377 e. The Labute approximate surface area is 198 Å². The average molecular weight is 467 g/mol. The van der Waals surface area contributed by atoms with E-state index in [-0.39, 0.29) is 5.91 Å². The van der Waals surface area contributed by atoms with E-state index in [1.807, 2.05) is 49.1 Å². The lowest BCUT2D eigenvalue weighted by Gasteiger charge is -2.36. The molecular formula is C24H30N6O2S. The van der Waals surface area contributed by atoms with Gasteiger partial charge in [-0.2, -0.15) is 4.98 Å². The molecular weight excluding hydrogens is 436 g/mol. The highest BCUT2D eigenvalue weighted by molar-refractivity contribution is 7.98. The van der Waals surface area contributed by atoms with Crippen LogP contribution in [-0.2, 0) is 10.5 Å². The maximum atomic E-state index is 13.3. The van der Waals surface area contributed by atoms with E-state index in [2.05, 4.69) is 20.0 Å². The fourth-order valence-corrected chi connectivity index (χ4v) is 5.41. The van der Waals surface area contributed by atoms with Crippen molar-refractivity contribution in [1.29, 1.82) is 0 Å². The first-order valence-corrected chi connectivity index (χ1v) is 12.6. The van der Waals surface area contributed by atoms with Crippen LogP contribution in [0.4, 0.5) is 0 Å². The predicted octanol–water partition coefficient (Wildman–Crippen LogP) is 2.97. The van der Waals surface area contributed by atoms with E-state index in [0.29, 0.717) is 22.8 Å². The monoisotopic (exact) mass is 466 g/mol. The summed E-state index contributed by atoms with van der Waals surface area (Å²) in [6, 6.07) is 9.87. The molecule has 0 radical (unpaired) electrons. The van der Waals surface area contributed by atoms with Crippen molar-refractivity contribution < 1.29 is 9.53 Å². The van der Waals surface area contributed by atoms with Crippen LogP contribution in [0.15, 0.2) is 35.5 Å². The van der Waals surface area contributed by atoms with E-state index in [4.69, 9.17) is 4.74 Å². The van der Waals surface area contributed by atoms with Gasteiger partial charge in [0.2, 0.25) is 5.16 Å². The van der Waals surface area contributed by atoms with Gasteiger partial charge in [0.1, 0.15) is 0 Å². The van der Waals surface area contributed by atoms with E-state index in [0.717, 1.165) is 74.7 Å². The van der Waals surface area contributed by atoms with Crippen molar-refractivity contribution in [3.63, 3.8) is 0 Å². The van der Waals surface area contributed by atoms with Crippen molar-refractivity contribution in [3.05, 3.63) is 52.8 Å². The van der Waals surface area contributed by atoms with Crippen molar-refractivity contribution >= 4 is 23.4 Å². The van der Waals surface area contributed by atoms with Crippen LogP contribution in [0.2, 0.25) is 0 Å². The maximum Gasteiger partial charge on any atom is 0.254 e. The van der Waals surface area contributed by atoms with E-state index in [1.165, 1.54) is 11.8 Å². The number of nitrogens with zero attached hydrogens (tertiary/aromatic N) is 6. The summed E-state index contributed by atoms with van der Waals surface area (Å²) in [4.78, 5) is 26.8. The Balaban J connectivity index is 1.22. The molecule has 0 spiro atoms. The van der Waals surface area contributed by atoms with Crippen LogP contribution in [0.1, 0.15) is 40.2 Å². The molecule has 174 valence electrons. The lowest BCUT2D eigenvalue weighted by atomic mass is 10.1. The lowest BCUT2D eigenvalue weighted by molar-refractivity contribution is 0.0432. The number of carbonyl (C=O) groups is 1. The third kappa shape index (κ3) is 5.05. The fraction of sp³-hybridized carbons (Fsp3) is 0.500. The SMILES string of the molecule is Cc1cc(C)n2nc(SCc3ccccc3C(=O)N3CCN(CC4CCCO4)CC3)nc2n1. The third-order valence-electron chi connectivity index (χ3n) is 6.35. The molecule has 2 aliphatic rings. The van der Waals surface area contributed by atoms with Gasteiger partial charge >= 0.3 is 0 Å². The Morgan fingerprint density at radius 1 is 1.15 bits per heavy atom. The summed E-state index contributed by atoms with van der Waals surface area (Å²) in [5, 5.41) is 5.25. The first-order valence-electron chi connectivity index (χ1n) is 11.6. The molecule has 2 saturated heterocycles. The van der Waals surface area contributed by atoms with Gasteiger partial charge < -0.3 is 9.64 Å². The summed E-state index contributed by atoms with van der Waals surface area (Å²) in [5.74, 6) is 1.36. The van der Waals surface area contributed by atoms with Crippen LogP contribution in [0.3, 0.4) is 0 Å². The minimum absolute atomic E-state index is 0.110. The number of benzene rings is 1. The van der Waals surface area contributed by atoms with Crippen LogP contribution >= 0.6 is 11.8 Å². The van der Waals surface area contributed by atoms with Crippen LogP contribution in [-0.4, -0.2) is 80.7 Å². The summed E-state index contributed by atoms with van der Waals surface area (Å²) < 4.78 is 7.54. The first kappa shape index (κ1) is 22.3. The van der Waals surface area contributed by atoms with Gasteiger partial charge in [0, 0.05) is 62.0 Å². The predicted molar refractivity (Wildman–Crippen MR) is 128 cm³/mol. The summed E-state index contributed by atoms with van der Waals surface area (Å²) >= 11 is 1.53. The second-order valence-electron chi connectivity index (χ2n) is 8.82. The number of ether oxygens (including phenoxy) is 1. The Morgan fingerprint density at radius 3 is 2.76 bits per heavy atom. The Morgan fingerprint density at radius 2 is 1.97 bits per heavy atom. The molecule has 2 aromatic heterocycles. The van der Waals surface area contributed by atoms with Crippen LogP contribution < -0.4 is 0 Å². The van der Waals surface area contributed by atoms with E-state index in [1.54, 1.807) is 4.52 Å². The molecule has 0 saturated carbocycles. The molecule has 0 bridgehead atoms. The molecule has 1 aromatic carbocycles. The smallest absolute Gasteiger partial charge is 0.254 e. The van der Waals surface area contributed by atoms with Crippen LogP contribution in [0.5, 0.6) is 0 Å². The molecule has 1 atom stereocenters. The average Bonchev–Trinajstić information content (AvgIpc) is 3.48. The van der Waals surface area contributed by atoms with Gasteiger partial charge in [-0.1, -0.05) is 30.0 Å². The number of amides is 1. The molecule has 5 rings (SSSR count). The quantitative estimate of drug-likeness (QED) is 0.517. The van der Waals surface area contributed by atoms with Gasteiger partial charge in [0.05, 0.1) is 6.10 Å². The van der Waals surface area contributed by atoms with Crippen molar-refractivity contribution in [1.82, 2.24) is 29.4 Å². The maximum absolute atomic E-state index is 13.3. The summed E-state index contributed by atoms with van der Waals surface area (Å²) in [6.07, 6.45) is 2.68. The fourth-order valence-electron chi connectivity index (χ4n) is 4.59. The molecule has 8 nitrogen and oxygen atoms in total. The number of thioether (sulfide) groups is 1. The highest BCUT2D eigenvalue weighted by Crippen LogP contribution is 2.24. The van der Waals surface area contributed by atoms with Crippen LogP contribution in [0.25, 0.3) is 5.78 Å². The molecule has 4 heterocycles. The number of aromatic nitrogens is 4. The van der Waals surface area contributed by atoms with Gasteiger partial charge in [-0.05, 0) is 44.4 Å². The van der Waals surface area contributed by atoms with E-state index < -0.39 is 0 Å². The zero-order valence-corrected chi connectivity index (χ0v) is 20.1. The molecule has 3 aromatic rings.